The molecule has 0 saturated carbocycles. The monoisotopic (exact) mass is 403 g/mol. The summed E-state index contributed by atoms with van der Waals surface area (Å²) in [5.74, 6) is 0.645. The molecule has 7 heteroatoms. The Labute approximate surface area is 173 Å². The standard InChI is InChI=1S/C23H21N3O4/c1-4-29-23(28)21-18-10-7-16(12-20(18)25-26-21)15-5-8-17(9-6-15)24-22(27)19-11-13(2)30-14(19)3/h5-12H,4H2,1-3H3,(H,24,27)(H,25,26). The summed E-state index contributed by atoms with van der Waals surface area (Å²) in [6.45, 7) is 5.64. The van der Waals surface area contributed by atoms with Crippen molar-refractivity contribution < 1.29 is 18.7 Å². The number of carbonyl (C=O) groups is 2. The molecule has 0 aliphatic heterocycles. The van der Waals surface area contributed by atoms with Crippen molar-refractivity contribution in [2.45, 2.75) is 20.8 Å². The number of rotatable bonds is 5. The van der Waals surface area contributed by atoms with E-state index in [0.717, 1.165) is 16.6 Å². The molecule has 0 fully saturated rings. The van der Waals surface area contributed by atoms with Gasteiger partial charge in [-0.15, -0.1) is 0 Å². The maximum absolute atomic E-state index is 12.4. The Morgan fingerprint density at radius 3 is 2.47 bits per heavy atom. The van der Waals surface area contributed by atoms with Crippen LogP contribution < -0.4 is 5.32 Å². The largest absolute Gasteiger partial charge is 0.466 e. The Bertz CT molecular complexity index is 1240. The van der Waals surface area contributed by atoms with Crippen LogP contribution >= 0.6 is 0 Å². The molecule has 7 nitrogen and oxygen atoms in total. The number of aromatic amines is 1. The van der Waals surface area contributed by atoms with Crippen molar-refractivity contribution in [3.63, 3.8) is 0 Å². The summed E-state index contributed by atoms with van der Waals surface area (Å²) in [5, 5.41) is 10.6. The van der Waals surface area contributed by atoms with Crippen LogP contribution in [-0.2, 0) is 4.74 Å². The lowest BCUT2D eigenvalue weighted by atomic mass is 10.0. The molecule has 0 spiro atoms. The highest BCUT2D eigenvalue weighted by Crippen LogP contribution is 2.27. The summed E-state index contributed by atoms with van der Waals surface area (Å²) >= 11 is 0. The SMILES string of the molecule is CCOC(=O)c1n[nH]c2cc(-c3ccc(NC(=O)c4cc(C)oc4C)cc3)ccc12. The molecular formula is C23H21N3O4. The van der Waals surface area contributed by atoms with E-state index in [1.807, 2.05) is 49.4 Å². The summed E-state index contributed by atoms with van der Waals surface area (Å²) in [7, 11) is 0. The highest BCUT2D eigenvalue weighted by molar-refractivity contribution is 6.05. The van der Waals surface area contributed by atoms with Gasteiger partial charge in [-0.25, -0.2) is 4.79 Å². The number of nitrogens with zero attached hydrogens (tertiary/aromatic N) is 1. The van der Waals surface area contributed by atoms with E-state index in [0.29, 0.717) is 34.8 Å². The number of fused-ring (bicyclic) bond motifs is 1. The van der Waals surface area contributed by atoms with Gasteiger partial charge >= 0.3 is 5.97 Å². The van der Waals surface area contributed by atoms with Crippen molar-refractivity contribution in [1.82, 2.24) is 10.2 Å². The number of hydrogen-bond donors (Lipinski definition) is 2. The number of carbonyl (C=O) groups excluding carboxylic acids is 2. The van der Waals surface area contributed by atoms with Gasteiger partial charge in [0.15, 0.2) is 5.69 Å². The number of ether oxygens (including phenoxy) is 1. The first-order valence-corrected chi connectivity index (χ1v) is 9.60. The van der Waals surface area contributed by atoms with Crippen LogP contribution in [0.2, 0.25) is 0 Å². The Kier molecular flexibility index (Phi) is 5.10. The number of aryl methyl sites for hydroxylation is 2. The second kappa shape index (κ2) is 7.87. The predicted molar refractivity (Wildman–Crippen MR) is 114 cm³/mol. The summed E-state index contributed by atoms with van der Waals surface area (Å²) < 4.78 is 10.5. The molecule has 0 saturated heterocycles. The summed E-state index contributed by atoms with van der Waals surface area (Å²) in [6, 6.07) is 15.0. The molecule has 2 aromatic carbocycles. The van der Waals surface area contributed by atoms with E-state index in [9.17, 15) is 9.59 Å². The fraction of sp³-hybridized carbons (Fsp3) is 0.174. The molecule has 2 heterocycles. The van der Waals surface area contributed by atoms with Crippen LogP contribution in [-0.4, -0.2) is 28.7 Å². The molecule has 0 unspecified atom stereocenters. The lowest BCUT2D eigenvalue weighted by Crippen LogP contribution is -2.11. The zero-order valence-corrected chi connectivity index (χ0v) is 16.9. The molecule has 30 heavy (non-hydrogen) atoms. The minimum absolute atomic E-state index is 0.206. The van der Waals surface area contributed by atoms with E-state index in [1.54, 1.807) is 19.9 Å². The third kappa shape index (κ3) is 3.69. The Hall–Kier alpha value is -3.87. The van der Waals surface area contributed by atoms with Crippen LogP contribution in [0.3, 0.4) is 0 Å². The van der Waals surface area contributed by atoms with Crippen molar-refractivity contribution >= 4 is 28.5 Å². The highest BCUT2D eigenvalue weighted by Gasteiger charge is 2.16. The highest BCUT2D eigenvalue weighted by atomic mass is 16.5. The minimum Gasteiger partial charge on any atom is -0.466 e. The summed E-state index contributed by atoms with van der Waals surface area (Å²) in [5.41, 5.74) is 4.17. The fourth-order valence-electron chi connectivity index (χ4n) is 3.35. The molecule has 0 radical (unpaired) electrons. The molecule has 2 N–H and O–H groups in total. The van der Waals surface area contributed by atoms with Gasteiger partial charge < -0.3 is 14.5 Å². The molecule has 4 rings (SSSR count). The molecule has 1 amide bonds. The third-order valence-corrected chi connectivity index (χ3v) is 4.79. The Morgan fingerprint density at radius 2 is 1.80 bits per heavy atom. The second-order valence-corrected chi connectivity index (χ2v) is 6.91. The molecular weight excluding hydrogens is 382 g/mol. The van der Waals surface area contributed by atoms with E-state index >= 15 is 0 Å². The number of hydrogen-bond acceptors (Lipinski definition) is 5. The first-order valence-electron chi connectivity index (χ1n) is 9.60. The van der Waals surface area contributed by atoms with Crippen LogP contribution in [0.5, 0.6) is 0 Å². The maximum Gasteiger partial charge on any atom is 0.359 e. The van der Waals surface area contributed by atoms with E-state index < -0.39 is 5.97 Å². The normalized spacial score (nSPS) is 10.9. The van der Waals surface area contributed by atoms with Gasteiger partial charge in [0.2, 0.25) is 0 Å². The van der Waals surface area contributed by atoms with Crippen LogP contribution in [0, 0.1) is 13.8 Å². The molecule has 2 aromatic heterocycles. The molecule has 0 bridgehead atoms. The number of amides is 1. The fourth-order valence-corrected chi connectivity index (χ4v) is 3.35. The van der Waals surface area contributed by atoms with Crippen molar-refractivity contribution in [2.24, 2.45) is 0 Å². The molecule has 0 aliphatic carbocycles. The van der Waals surface area contributed by atoms with Gasteiger partial charge in [-0.1, -0.05) is 18.2 Å². The second-order valence-electron chi connectivity index (χ2n) is 6.91. The lowest BCUT2D eigenvalue weighted by Gasteiger charge is -2.07. The van der Waals surface area contributed by atoms with Gasteiger partial charge in [0.1, 0.15) is 11.5 Å². The quantitative estimate of drug-likeness (QED) is 0.464. The summed E-state index contributed by atoms with van der Waals surface area (Å²) in [4.78, 5) is 24.4. The number of aromatic nitrogens is 2. The molecule has 0 atom stereocenters. The first kappa shape index (κ1) is 19.4. The van der Waals surface area contributed by atoms with Crippen LogP contribution in [0.25, 0.3) is 22.0 Å². The van der Waals surface area contributed by atoms with Crippen LogP contribution in [0.4, 0.5) is 5.69 Å². The number of furan rings is 1. The zero-order valence-electron chi connectivity index (χ0n) is 16.9. The van der Waals surface area contributed by atoms with Gasteiger partial charge in [0.05, 0.1) is 17.7 Å². The van der Waals surface area contributed by atoms with Gasteiger partial charge in [-0.2, -0.15) is 5.10 Å². The number of H-pyrrole nitrogens is 1. The third-order valence-electron chi connectivity index (χ3n) is 4.79. The average molecular weight is 403 g/mol. The van der Waals surface area contributed by atoms with Crippen molar-refractivity contribution in [3.8, 4) is 11.1 Å². The van der Waals surface area contributed by atoms with Gasteiger partial charge in [0.25, 0.3) is 5.91 Å². The first-order chi connectivity index (χ1) is 14.5. The predicted octanol–water partition coefficient (Wildman–Crippen LogP) is 4.87. The van der Waals surface area contributed by atoms with Gasteiger partial charge in [-0.05, 0) is 62.2 Å². The van der Waals surface area contributed by atoms with Gasteiger partial charge in [0, 0.05) is 11.1 Å². The number of esters is 1. The average Bonchev–Trinajstić information content (AvgIpc) is 3.30. The van der Waals surface area contributed by atoms with Gasteiger partial charge in [-0.3, -0.25) is 9.89 Å². The van der Waals surface area contributed by atoms with E-state index in [-0.39, 0.29) is 11.6 Å². The number of benzene rings is 2. The zero-order chi connectivity index (χ0) is 21.3. The molecule has 4 aromatic rings. The van der Waals surface area contributed by atoms with Crippen molar-refractivity contribution in [2.75, 3.05) is 11.9 Å². The maximum atomic E-state index is 12.4. The van der Waals surface area contributed by atoms with E-state index in [2.05, 4.69) is 15.5 Å². The van der Waals surface area contributed by atoms with Crippen molar-refractivity contribution in [3.05, 3.63) is 71.3 Å². The Balaban J connectivity index is 1.53. The molecule has 0 aliphatic rings. The van der Waals surface area contributed by atoms with E-state index in [4.69, 9.17) is 9.15 Å². The van der Waals surface area contributed by atoms with Crippen LogP contribution in [0.1, 0.15) is 39.3 Å². The lowest BCUT2D eigenvalue weighted by molar-refractivity contribution is 0.0521. The number of anilines is 1. The number of nitrogens with one attached hydrogen (secondary N) is 2. The summed E-state index contributed by atoms with van der Waals surface area (Å²) in [6.07, 6.45) is 0. The smallest absolute Gasteiger partial charge is 0.359 e. The minimum atomic E-state index is -0.445. The van der Waals surface area contributed by atoms with Crippen LogP contribution in [0.15, 0.2) is 52.9 Å². The Morgan fingerprint density at radius 1 is 1.07 bits per heavy atom. The van der Waals surface area contributed by atoms with E-state index in [1.165, 1.54) is 0 Å². The van der Waals surface area contributed by atoms with Crippen molar-refractivity contribution in [1.29, 1.82) is 0 Å². The topological polar surface area (TPSA) is 97.2 Å². The molecule has 152 valence electrons.